The summed E-state index contributed by atoms with van der Waals surface area (Å²) in [6.07, 6.45) is 3.01. The number of amides is 1. The summed E-state index contributed by atoms with van der Waals surface area (Å²) in [6.45, 7) is 5.91. The molecule has 2 aromatic rings. The Morgan fingerprint density at radius 1 is 0.871 bits per heavy atom. The molecule has 31 heavy (non-hydrogen) atoms. The number of carbonyl (C=O) groups excluding carboxylic acids is 1. The van der Waals surface area contributed by atoms with Gasteiger partial charge in [-0.3, -0.25) is 9.59 Å². The van der Waals surface area contributed by atoms with Gasteiger partial charge in [-0.2, -0.15) is 0 Å². The van der Waals surface area contributed by atoms with Crippen LogP contribution < -0.4 is 9.47 Å². The number of ether oxygens (including phenoxy) is 2. The number of carboxylic acids is 1. The molecular formula is C25H33NO5. The minimum atomic E-state index is -0.812. The Labute approximate surface area is 184 Å². The molecule has 0 spiro atoms. The summed E-state index contributed by atoms with van der Waals surface area (Å²) in [6, 6.07) is 15.5. The number of rotatable bonds is 14. The number of aliphatic carboxylic acids is 1. The van der Waals surface area contributed by atoms with E-state index in [1.54, 1.807) is 18.2 Å². The van der Waals surface area contributed by atoms with Crippen molar-refractivity contribution < 1.29 is 24.2 Å². The fourth-order valence-corrected chi connectivity index (χ4v) is 3.39. The van der Waals surface area contributed by atoms with Gasteiger partial charge in [0.25, 0.3) is 5.91 Å². The molecule has 6 nitrogen and oxygen atoms in total. The van der Waals surface area contributed by atoms with Crippen LogP contribution in [-0.4, -0.2) is 48.2 Å². The summed E-state index contributed by atoms with van der Waals surface area (Å²) in [5, 5.41) is 8.89. The number of nitrogens with zero attached hydrogens (tertiary/aromatic N) is 1. The van der Waals surface area contributed by atoms with E-state index in [-0.39, 0.29) is 12.3 Å². The molecule has 0 aromatic heterocycles. The fourth-order valence-electron chi connectivity index (χ4n) is 3.39. The van der Waals surface area contributed by atoms with E-state index in [9.17, 15) is 9.59 Å². The van der Waals surface area contributed by atoms with Gasteiger partial charge in [0.05, 0.1) is 13.2 Å². The average Bonchev–Trinajstić information content (AvgIpc) is 2.76. The van der Waals surface area contributed by atoms with E-state index in [4.69, 9.17) is 14.6 Å². The number of benzene rings is 2. The first-order valence-corrected chi connectivity index (χ1v) is 11.0. The van der Waals surface area contributed by atoms with Crippen molar-refractivity contribution in [2.45, 2.75) is 46.0 Å². The number of hydrogen-bond donors (Lipinski definition) is 1. The van der Waals surface area contributed by atoms with E-state index in [1.165, 1.54) is 5.56 Å². The van der Waals surface area contributed by atoms with Crippen LogP contribution in [0.2, 0.25) is 0 Å². The van der Waals surface area contributed by atoms with Crippen molar-refractivity contribution in [2.75, 3.05) is 26.3 Å². The zero-order chi connectivity index (χ0) is 22.5. The largest absolute Gasteiger partial charge is 0.494 e. The summed E-state index contributed by atoms with van der Waals surface area (Å²) in [7, 11) is 0. The molecule has 2 aromatic carbocycles. The maximum Gasteiger partial charge on any atom is 0.303 e. The van der Waals surface area contributed by atoms with Crippen LogP contribution in [0.1, 0.15) is 55.5 Å². The van der Waals surface area contributed by atoms with Crippen molar-refractivity contribution in [3.8, 4) is 11.5 Å². The molecule has 0 heterocycles. The first-order chi connectivity index (χ1) is 15.0. The van der Waals surface area contributed by atoms with Gasteiger partial charge in [-0.15, -0.1) is 0 Å². The number of hydrogen-bond acceptors (Lipinski definition) is 4. The predicted octanol–water partition coefficient (Wildman–Crippen LogP) is 4.81. The first-order valence-electron chi connectivity index (χ1n) is 11.0. The Kier molecular flexibility index (Phi) is 10.4. The molecule has 0 aliphatic rings. The molecule has 6 heteroatoms. The molecule has 0 aliphatic heterocycles. The third-order valence-corrected chi connectivity index (χ3v) is 4.84. The monoisotopic (exact) mass is 427 g/mol. The SMILES string of the molecule is CCOc1cc(OCC)cc(C(=O)N(CCCCC(=O)O)CCCc2ccccc2)c1. The van der Waals surface area contributed by atoms with E-state index < -0.39 is 5.97 Å². The Morgan fingerprint density at radius 3 is 2.06 bits per heavy atom. The molecule has 0 radical (unpaired) electrons. The zero-order valence-corrected chi connectivity index (χ0v) is 18.5. The zero-order valence-electron chi connectivity index (χ0n) is 18.5. The van der Waals surface area contributed by atoms with Gasteiger partial charge in [-0.25, -0.2) is 0 Å². The number of aryl methyl sites for hydroxylation is 1. The minimum Gasteiger partial charge on any atom is -0.494 e. The lowest BCUT2D eigenvalue weighted by molar-refractivity contribution is -0.137. The quantitative estimate of drug-likeness (QED) is 0.438. The van der Waals surface area contributed by atoms with Crippen LogP contribution in [0.25, 0.3) is 0 Å². The van der Waals surface area contributed by atoms with Gasteiger partial charge >= 0.3 is 5.97 Å². The molecule has 0 unspecified atom stereocenters. The molecule has 2 rings (SSSR count). The van der Waals surface area contributed by atoms with Crippen LogP contribution in [0.4, 0.5) is 0 Å². The van der Waals surface area contributed by atoms with Gasteiger partial charge < -0.3 is 19.5 Å². The molecule has 0 bridgehead atoms. The lowest BCUT2D eigenvalue weighted by Gasteiger charge is -2.23. The third kappa shape index (κ3) is 8.70. The van der Waals surface area contributed by atoms with Gasteiger partial charge in [-0.1, -0.05) is 30.3 Å². The van der Waals surface area contributed by atoms with Crippen LogP contribution in [0.3, 0.4) is 0 Å². The number of carboxylic acid groups (broad SMARTS) is 1. The highest BCUT2D eigenvalue weighted by molar-refractivity contribution is 5.95. The summed E-state index contributed by atoms with van der Waals surface area (Å²) in [4.78, 5) is 26.0. The number of unbranched alkanes of at least 4 members (excludes halogenated alkanes) is 1. The Morgan fingerprint density at radius 2 is 1.48 bits per heavy atom. The van der Waals surface area contributed by atoms with Crippen molar-refractivity contribution >= 4 is 11.9 Å². The molecule has 0 saturated carbocycles. The van der Waals surface area contributed by atoms with E-state index in [2.05, 4.69) is 12.1 Å². The topological polar surface area (TPSA) is 76.1 Å². The highest BCUT2D eigenvalue weighted by Gasteiger charge is 2.18. The second kappa shape index (κ2) is 13.3. The summed E-state index contributed by atoms with van der Waals surface area (Å²) in [5.74, 6) is 0.303. The van der Waals surface area contributed by atoms with E-state index in [0.29, 0.717) is 56.2 Å². The molecular weight excluding hydrogens is 394 g/mol. The van der Waals surface area contributed by atoms with Crippen LogP contribution in [0, 0.1) is 0 Å². The highest BCUT2D eigenvalue weighted by atomic mass is 16.5. The highest BCUT2D eigenvalue weighted by Crippen LogP contribution is 2.24. The number of carbonyl (C=O) groups is 2. The molecule has 0 aliphatic carbocycles. The summed E-state index contributed by atoms with van der Waals surface area (Å²) >= 11 is 0. The van der Waals surface area contributed by atoms with Crippen molar-refractivity contribution in [3.63, 3.8) is 0 Å². The van der Waals surface area contributed by atoms with E-state index in [0.717, 1.165) is 12.8 Å². The molecule has 0 fully saturated rings. The first kappa shape index (κ1) is 24.3. The lowest BCUT2D eigenvalue weighted by Crippen LogP contribution is -2.33. The maximum atomic E-state index is 13.3. The standard InChI is InChI=1S/C25H33NO5/c1-3-30-22-17-21(18-23(19-22)31-4-2)25(29)26(15-9-8-14-24(27)28)16-10-13-20-11-6-5-7-12-20/h5-7,11-12,17-19H,3-4,8-10,13-16H2,1-2H3,(H,27,28). The summed E-state index contributed by atoms with van der Waals surface area (Å²) < 4.78 is 11.2. The van der Waals surface area contributed by atoms with Gasteiger partial charge in [-0.05, 0) is 57.2 Å². The third-order valence-electron chi connectivity index (χ3n) is 4.84. The van der Waals surface area contributed by atoms with E-state index >= 15 is 0 Å². The van der Waals surface area contributed by atoms with Gasteiger partial charge in [0.1, 0.15) is 11.5 Å². The molecule has 1 N–H and O–H groups in total. The average molecular weight is 428 g/mol. The van der Waals surface area contributed by atoms with Crippen molar-refractivity contribution in [1.82, 2.24) is 4.90 Å². The molecule has 168 valence electrons. The van der Waals surface area contributed by atoms with Gasteiger partial charge in [0.2, 0.25) is 0 Å². The van der Waals surface area contributed by atoms with Crippen molar-refractivity contribution in [1.29, 1.82) is 0 Å². The van der Waals surface area contributed by atoms with Crippen LogP contribution >= 0.6 is 0 Å². The second-order valence-electron chi connectivity index (χ2n) is 7.29. The predicted molar refractivity (Wildman–Crippen MR) is 121 cm³/mol. The second-order valence-corrected chi connectivity index (χ2v) is 7.29. The van der Waals surface area contributed by atoms with E-state index in [1.807, 2.05) is 36.9 Å². The summed E-state index contributed by atoms with van der Waals surface area (Å²) in [5.41, 5.74) is 1.75. The Balaban J connectivity index is 2.11. The molecule has 1 amide bonds. The van der Waals surface area contributed by atoms with Crippen LogP contribution in [0.15, 0.2) is 48.5 Å². The molecule has 0 atom stereocenters. The maximum absolute atomic E-state index is 13.3. The molecule has 0 saturated heterocycles. The minimum absolute atomic E-state index is 0.0918. The fraction of sp³-hybridized carbons (Fsp3) is 0.440. The van der Waals surface area contributed by atoms with Crippen LogP contribution in [0.5, 0.6) is 11.5 Å². The normalized spacial score (nSPS) is 10.5. The Hall–Kier alpha value is -3.02. The van der Waals surface area contributed by atoms with Gasteiger partial charge in [0.15, 0.2) is 0 Å². The van der Waals surface area contributed by atoms with Crippen molar-refractivity contribution in [3.05, 3.63) is 59.7 Å². The van der Waals surface area contributed by atoms with Gasteiger partial charge in [0, 0.05) is 31.1 Å². The Bertz CT molecular complexity index is 798. The lowest BCUT2D eigenvalue weighted by atomic mass is 10.1. The van der Waals surface area contributed by atoms with Crippen LogP contribution in [-0.2, 0) is 11.2 Å². The smallest absolute Gasteiger partial charge is 0.303 e. The van der Waals surface area contributed by atoms with Crippen molar-refractivity contribution in [2.24, 2.45) is 0 Å².